The lowest BCUT2D eigenvalue weighted by molar-refractivity contribution is -0.121. The summed E-state index contributed by atoms with van der Waals surface area (Å²) in [5, 5.41) is 5.45. The zero-order chi connectivity index (χ0) is 19.2. The molecule has 1 unspecified atom stereocenters. The van der Waals surface area contributed by atoms with Crippen molar-refractivity contribution < 1.29 is 18.4 Å². The van der Waals surface area contributed by atoms with E-state index in [2.05, 4.69) is 10.6 Å². The van der Waals surface area contributed by atoms with Crippen LogP contribution in [0.2, 0.25) is 0 Å². The van der Waals surface area contributed by atoms with Gasteiger partial charge in [0.1, 0.15) is 11.6 Å². The van der Waals surface area contributed by atoms with E-state index in [1.165, 1.54) is 4.90 Å². The van der Waals surface area contributed by atoms with Gasteiger partial charge in [0.25, 0.3) is 0 Å². The minimum atomic E-state index is -0.574. The number of nitrogens with one attached hydrogen (secondary N) is 2. The Labute approximate surface area is 156 Å². The molecule has 7 heteroatoms. The van der Waals surface area contributed by atoms with Crippen molar-refractivity contribution in [1.82, 2.24) is 10.2 Å². The molecule has 1 fully saturated rings. The average Bonchev–Trinajstić information content (AvgIpc) is 2.69. The van der Waals surface area contributed by atoms with E-state index in [1.807, 2.05) is 18.2 Å². The van der Waals surface area contributed by atoms with Gasteiger partial charge in [-0.25, -0.2) is 13.6 Å². The van der Waals surface area contributed by atoms with Crippen molar-refractivity contribution in [2.45, 2.75) is 19.4 Å². The van der Waals surface area contributed by atoms with Crippen LogP contribution in [0.15, 0.2) is 48.5 Å². The van der Waals surface area contributed by atoms with Crippen LogP contribution >= 0.6 is 0 Å². The van der Waals surface area contributed by atoms with E-state index in [0.717, 1.165) is 18.2 Å². The van der Waals surface area contributed by atoms with Gasteiger partial charge in [0.2, 0.25) is 5.91 Å². The molecule has 0 spiro atoms. The third kappa shape index (κ3) is 5.03. The molecule has 2 N–H and O–H groups in total. The minimum absolute atomic E-state index is 0.0822. The third-order valence-electron chi connectivity index (χ3n) is 4.56. The standard InChI is InChI=1S/C20H21F2N3O2/c21-16-8-9-18(22)15(11-16)12-23-20(27)25-10-4-5-14(13-25)19(26)24-17-6-2-1-3-7-17/h1-3,6-9,11,14H,4-5,10,12-13H2,(H,23,27)(H,24,26). The Morgan fingerprint density at radius 1 is 1.11 bits per heavy atom. The summed E-state index contributed by atoms with van der Waals surface area (Å²) in [4.78, 5) is 26.3. The molecule has 1 aliphatic rings. The van der Waals surface area contributed by atoms with Gasteiger partial charge in [-0.05, 0) is 43.2 Å². The molecule has 3 amide bonds. The first kappa shape index (κ1) is 18.8. The zero-order valence-corrected chi connectivity index (χ0v) is 14.8. The lowest BCUT2D eigenvalue weighted by Gasteiger charge is -2.32. The van der Waals surface area contributed by atoms with Crippen molar-refractivity contribution in [2.24, 2.45) is 5.92 Å². The number of amides is 3. The Hall–Kier alpha value is -2.96. The monoisotopic (exact) mass is 373 g/mol. The molecule has 0 aromatic heterocycles. The van der Waals surface area contributed by atoms with Crippen LogP contribution in [0.3, 0.4) is 0 Å². The summed E-state index contributed by atoms with van der Waals surface area (Å²) >= 11 is 0. The zero-order valence-electron chi connectivity index (χ0n) is 14.8. The summed E-state index contributed by atoms with van der Waals surface area (Å²) in [7, 11) is 0. The average molecular weight is 373 g/mol. The third-order valence-corrected chi connectivity index (χ3v) is 4.56. The van der Waals surface area contributed by atoms with E-state index in [-0.39, 0.29) is 30.5 Å². The van der Waals surface area contributed by atoms with Crippen molar-refractivity contribution in [3.8, 4) is 0 Å². The number of hydrogen-bond donors (Lipinski definition) is 2. The summed E-state index contributed by atoms with van der Waals surface area (Å²) in [5.74, 6) is -1.57. The quantitative estimate of drug-likeness (QED) is 0.861. The minimum Gasteiger partial charge on any atom is -0.334 e. The van der Waals surface area contributed by atoms with Gasteiger partial charge in [0, 0.05) is 30.9 Å². The van der Waals surface area contributed by atoms with E-state index >= 15 is 0 Å². The number of likely N-dealkylation sites (tertiary alicyclic amines) is 1. The van der Waals surface area contributed by atoms with Crippen molar-refractivity contribution in [3.63, 3.8) is 0 Å². The smallest absolute Gasteiger partial charge is 0.317 e. The van der Waals surface area contributed by atoms with Crippen LogP contribution in [-0.4, -0.2) is 29.9 Å². The van der Waals surface area contributed by atoms with Gasteiger partial charge < -0.3 is 15.5 Å². The van der Waals surface area contributed by atoms with Crippen molar-refractivity contribution in [1.29, 1.82) is 0 Å². The van der Waals surface area contributed by atoms with Gasteiger partial charge in [-0.2, -0.15) is 0 Å². The summed E-state index contributed by atoms with van der Waals surface area (Å²) < 4.78 is 26.9. The Bertz CT molecular complexity index is 814. The number of hydrogen-bond acceptors (Lipinski definition) is 2. The van der Waals surface area contributed by atoms with Crippen LogP contribution in [0.4, 0.5) is 19.3 Å². The molecule has 142 valence electrons. The number of benzene rings is 2. The fourth-order valence-electron chi connectivity index (χ4n) is 3.10. The number of rotatable bonds is 4. The molecule has 2 aromatic rings. The van der Waals surface area contributed by atoms with Gasteiger partial charge in [0.15, 0.2) is 0 Å². The van der Waals surface area contributed by atoms with E-state index in [0.29, 0.717) is 25.1 Å². The fraction of sp³-hybridized carbons (Fsp3) is 0.300. The Morgan fingerprint density at radius 3 is 2.67 bits per heavy atom. The second-order valence-corrected chi connectivity index (χ2v) is 6.53. The maximum atomic E-state index is 13.7. The number of piperidine rings is 1. The molecule has 27 heavy (non-hydrogen) atoms. The van der Waals surface area contributed by atoms with Crippen LogP contribution in [0, 0.1) is 17.6 Å². The second-order valence-electron chi connectivity index (χ2n) is 6.53. The largest absolute Gasteiger partial charge is 0.334 e. The molecular formula is C20H21F2N3O2. The normalized spacial score (nSPS) is 16.7. The van der Waals surface area contributed by atoms with Gasteiger partial charge in [-0.15, -0.1) is 0 Å². The predicted molar refractivity (Wildman–Crippen MR) is 98.0 cm³/mol. The first-order chi connectivity index (χ1) is 13.0. The number of para-hydroxylation sites is 1. The number of carbonyl (C=O) groups excluding carboxylic acids is 2. The van der Waals surface area contributed by atoms with Crippen LogP contribution in [0.5, 0.6) is 0 Å². The van der Waals surface area contributed by atoms with Gasteiger partial charge >= 0.3 is 6.03 Å². The fourth-order valence-corrected chi connectivity index (χ4v) is 3.10. The highest BCUT2D eigenvalue weighted by atomic mass is 19.1. The topological polar surface area (TPSA) is 61.4 Å². The predicted octanol–water partition coefficient (Wildman–Crippen LogP) is 3.53. The highest BCUT2D eigenvalue weighted by Gasteiger charge is 2.28. The van der Waals surface area contributed by atoms with E-state index in [4.69, 9.17) is 0 Å². The second kappa shape index (κ2) is 8.62. The van der Waals surface area contributed by atoms with Crippen LogP contribution < -0.4 is 10.6 Å². The van der Waals surface area contributed by atoms with Crippen LogP contribution in [0.1, 0.15) is 18.4 Å². The molecule has 2 aromatic carbocycles. The number of nitrogens with zero attached hydrogens (tertiary/aromatic N) is 1. The highest BCUT2D eigenvalue weighted by Crippen LogP contribution is 2.19. The molecule has 1 atom stereocenters. The van der Waals surface area contributed by atoms with Crippen molar-refractivity contribution in [3.05, 3.63) is 65.7 Å². The van der Waals surface area contributed by atoms with E-state index in [9.17, 15) is 18.4 Å². The number of halogens is 2. The van der Waals surface area contributed by atoms with E-state index < -0.39 is 17.7 Å². The first-order valence-corrected chi connectivity index (χ1v) is 8.85. The van der Waals surface area contributed by atoms with Gasteiger partial charge in [0.05, 0.1) is 5.92 Å². The number of urea groups is 1. The Morgan fingerprint density at radius 2 is 1.89 bits per heavy atom. The Kier molecular flexibility index (Phi) is 6.01. The highest BCUT2D eigenvalue weighted by molar-refractivity contribution is 5.93. The molecule has 0 aliphatic carbocycles. The summed E-state index contributed by atoms with van der Waals surface area (Å²) in [5.41, 5.74) is 0.796. The summed E-state index contributed by atoms with van der Waals surface area (Å²) in [6.07, 6.45) is 1.40. The first-order valence-electron chi connectivity index (χ1n) is 8.85. The molecular weight excluding hydrogens is 352 g/mol. The SMILES string of the molecule is O=C(Nc1ccccc1)C1CCCN(C(=O)NCc2cc(F)ccc2F)C1. The maximum Gasteiger partial charge on any atom is 0.317 e. The molecule has 0 radical (unpaired) electrons. The van der Waals surface area contributed by atoms with Crippen LogP contribution in [0.25, 0.3) is 0 Å². The lowest BCUT2D eigenvalue weighted by Crippen LogP contribution is -2.47. The molecule has 1 aliphatic heterocycles. The van der Waals surface area contributed by atoms with Crippen LogP contribution in [-0.2, 0) is 11.3 Å². The van der Waals surface area contributed by atoms with Gasteiger partial charge in [-0.3, -0.25) is 4.79 Å². The molecule has 0 saturated carbocycles. The molecule has 5 nitrogen and oxygen atoms in total. The Balaban J connectivity index is 1.54. The molecule has 0 bridgehead atoms. The maximum absolute atomic E-state index is 13.7. The lowest BCUT2D eigenvalue weighted by atomic mass is 9.97. The summed E-state index contributed by atoms with van der Waals surface area (Å²) in [6, 6.07) is 11.9. The summed E-state index contributed by atoms with van der Waals surface area (Å²) in [6.45, 7) is 0.697. The number of carbonyl (C=O) groups is 2. The van der Waals surface area contributed by atoms with Crippen molar-refractivity contribution in [2.75, 3.05) is 18.4 Å². The molecule has 3 rings (SSSR count). The molecule has 1 heterocycles. The van der Waals surface area contributed by atoms with Gasteiger partial charge in [-0.1, -0.05) is 18.2 Å². The van der Waals surface area contributed by atoms with E-state index in [1.54, 1.807) is 12.1 Å². The van der Waals surface area contributed by atoms with Crippen molar-refractivity contribution >= 4 is 17.6 Å². The molecule has 1 saturated heterocycles. The number of anilines is 1.